The number of aliphatic hydroxyl groups excluding tert-OH is 1. The highest BCUT2D eigenvalue weighted by Crippen LogP contribution is 2.66. The predicted octanol–water partition coefficient (Wildman–Crippen LogP) is 0.716. The van der Waals surface area contributed by atoms with Crippen molar-refractivity contribution in [1.82, 2.24) is 9.55 Å². The van der Waals surface area contributed by atoms with Gasteiger partial charge in [0.05, 0.1) is 6.61 Å². The molecule has 1 fully saturated rings. The standard InChI is InChI=1S/C10H16FN2O13P3S/c11-10(5-23-28(19,20)26-29(21,22)25-27(16,17)18)2-1-7(24-10)13-3-6(4-14)8(30)12-9(13)15/h3,7,14H,1-2,4-5H2,(H,19,20)(H,21,22)(H,12,15,30)(H2,16,17,18)/t7-,10+/m1/s1. The van der Waals surface area contributed by atoms with E-state index >= 15 is 0 Å². The van der Waals surface area contributed by atoms with E-state index in [-0.39, 0.29) is 16.6 Å². The van der Waals surface area contributed by atoms with E-state index in [2.05, 4.69) is 18.1 Å². The third kappa shape index (κ3) is 7.21. The third-order valence-corrected chi connectivity index (χ3v) is 7.64. The number of phosphoric ester groups is 1. The fraction of sp³-hybridized carbons (Fsp3) is 0.600. The number of hydrogen-bond donors (Lipinski definition) is 6. The summed E-state index contributed by atoms with van der Waals surface area (Å²) in [6.45, 7) is -1.84. The third-order valence-electron chi connectivity index (χ3n) is 3.49. The molecule has 1 aromatic heterocycles. The van der Waals surface area contributed by atoms with Gasteiger partial charge in [-0.25, -0.2) is 22.9 Å². The average Bonchev–Trinajstić information content (AvgIpc) is 2.93. The molecule has 0 spiro atoms. The first-order chi connectivity index (χ1) is 13.5. The number of ether oxygens (including phenoxy) is 1. The average molecular weight is 516 g/mol. The Labute approximate surface area is 171 Å². The van der Waals surface area contributed by atoms with Gasteiger partial charge >= 0.3 is 29.2 Å². The molecule has 2 heterocycles. The van der Waals surface area contributed by atoms with Gasteiger partial charge in [0.25, 0.3) is 0 Å². The first-order valence-corrected chi connectivity index (χ1v) is 12.6. The Morgan fingerprint density at radius 1 is 1.27 bits per heavy atom. The number of aliphatic hydroxyl groups is 1. The molecule has 1 saturated heterocycles. The monoisotopic (exact) mass is 516 g/mol. The predicted molar refractivity (Wildman–Crippen MR) is 94.8 cm³/mol. The summed E-state index contributed by atoms with van der Waals surface area (Å²) < 4.78 is 65.3. The molecule has 2 unspecified atom stereocenters. The summed E-state index contributed by atoms with van der Waals surface area (Å²) in [7, 11) is -16.9. The van der Waals surface area contributed by atoms with Crippen molar-refractivity contribution < 1.29 is 60.6 Å². The van der Waals surface area contributed by atoms with E-state index < -0.39 is 60.9 Å². The van der Waals surface area contributed by atoms with Gasteiger partial charge in [0.1, 0.15) is 17.5 Å². The van der Waals surface area contributed by atoms with Crippen LogP contribution in [0.25, 0.3) is 0 Å². The van der Waals surface area contributed by atoms with Gasteiger partial charge in [-0.3, -0.25) is 14.1 Å². The molecule has 0 radical (unpaired) electrons. The molecule has 1 aliphatic heterocycles. The lowest BCUT2D eigenvalue weighted by molar-refractivity contribution is -0.175. The molecule has 0 amide bonds. The van der Waals surface area contributed by atoms with Gasteiger partial charge in [0.15, 0.2) is 0 Å². The number of aromatic amines is 1. The number of rotatable bonds is 9. The number of hydrogen-bond acceptors (Lipinski definition) is 10. The van der Waals surface area contributed by atoms with Gasteiger partial charge in [-0.05, 0) is 6.42 Å². The van der Waals surface area contributed by atoms with Crippen LogP contribution in [-0.2, 0) is 38.2 Å². The number of nitrogens with one attached hydrogen (secondary N) is 1. The molecule has 1 aromatic rings. The normalized spacial score (nSPS) is 26.3. The molecule has 4 atom stereocenters. The number of aromatic nitrogens is 2. The van der Waals surface area contributed by atoms with E-state index in [1.165, 1.54) is 0 Å². The molecular weight excluding hydrogens is 500 g/mol. The highest BCUT2D eigenvalue weighted by molar-refractivity contribution is 7.71. The van der Waals surface area contributed by atoms with Gasteiger partial charge in [-0.15, -0.1) is 0 Å². The summed E-state index contributed by atoms with van der Waals surface area (Å²) in [6.07, 6.45) is -0.653. The van der Waals surface area contributed by atoms with Crippen molar-refractivity contribution in [1.29, 1.82) is 0 Å². The molecule has 0 saturated carbocycles. The van der Waals surface area contributed by atoms with Gasteiger partial charge in [-0.1, -0.05) is 12.2 Å². The lowest BCUT2D eigenvalue weighted by atomic mass is 10.2. The van der Waals surface area contributed by atoms with Crippen LogP contribution in [0.3, 0.4) is 0 Å². The van der Waals surface area contributed by atoms with Crippen molar-refractivity contribution in [2.24, 2.45) is 0 Å². The smallest absolute Gasteiger partial charge is 0.392 e. The van der Waals surface area contributed by atoms with E-state index in [0.29, 0.717) is 0 Å². The Morgan fingerprint density at radius 2 is 1.90 bits per heavy atom. The van der Waals surface area contributed by atoms with E-state index in [4.69, 9.17) is 31.6 Å². The van der Waals surface area contributed by atoms with Crippen LogP contribution in [0.4, 0.5) is 4.39 Å². The lowest BCUT2D eigenvalue weighted by Gasteiger charge is -2.23. The van der Waals surface area contributed by atoms with Crippen LogP contribution in [0.2, 0.25) is 0 Å². The van der Waals surface area contributed by atoms with Gasteiger partial charge < -0.3 is 29.4 Å². The van der Waals surface area contributed by atoms with Gasteiger partial charge in [-0.2, -0.15) is 8.62 Å². The minimum absolute atomic E-state index is 0.0316. The summed E-state index contributed by atoms with van der Waals surface area (Å²) in [5.74, 6) is -2.75. The Balaban J connectivity index is 2.06. The summed E-state index contributed by atoms with van der Waals surface area (Å²) in [6, 6.07) is 0. The summed E-state index contributed by atoms with van der Waals surface area (Å²) in [4.78, 5) is 49.5. The maximum absolute atomic E-state index is 14.8. The van der Waals surface area contributed by atoms with Crippen molar-refractivity contribution in [3.8, 4) is 0 Å². The summed E-state index contributed by atoms with van der Waals surface area (Å²) in [5.41, 5.74) is -0.628. The summed E-state index contributed by atoms with van der Waals surface area (Å²) in [5, 5.41) is 9.20. The van der Waals surface area contributed by atoms with Crippen LogP contribution in [0.5, 0.6) is 0 Å². The quantitative estimate of drug-likeness (QED) is 0.196. The summed E-state index contributed by atoms with van der Waals surface area (Å²) >= 11 is 4.84. The van der Waals surface area contributed by atoms with Crippen molar-refractivity contribution in [3.63, 3.8) is 0 Å². The van der Waals surface area contributed by atoms with E-state index in [1.54, 1.807) is 0 Å². The molecule has 20 heteroatoms. The number of H-pyrrole nitrogens is 1. The topological polar surface area (TPSA) is 227 Å². The molecule has 15 nitrogen and oxygen atoms in total. The molecule has 6 N–H and O–H groups in total. The number of halogens is 1. The van der Waals surface area contributed by atoms with Crippen LogP contribution in [-0.4, -0.2) is 46.7 Å². The fourth-order valence-corrected chi connectivity index (χ4v) is 5.59. The zero-order valence-corrected chi connectivity index (χ0v) is 18.1. The molecule has 0 aliphatic carbocycles. The highest BCUT2D eigenvalue weighted by atomic mass is 32.1. The highest BCUT2D eigenvalue weighted by Gasteiger charge is 2.46. The lowest BCUT2D eigenvalue weighted by Crippen LogP contribution is -2.32. The first kappa shape index (κ1) is 25.6. The maximum atomic E-state index is 14.8. The largest absolute Gasteiger partial charge is 0.490 e. The van der Waals surface area contributed by atoms with Crippen molar-refractivity contribution in [2.75, 3.05) is 6.61 Å². The van der Waals surface area contributed by atoms with Gasteiger partial charge in [0.2, 0.25) is 5.85 Å². The van der Waals surface area contributed by atoms with Gasteiger partial charge in [0, 0.05) is 18.2 Å². The minimum Gasteiger partial charge on any atom is -0.392 e. The van der Waals surface area contributed by atoms with Crippen LogP contribution in [0.1, 0.15) is 24.6 Å². The second-order valence-electron chi connectivity index (χ2n) is 5.84. The van der Waals surface area contributed by atoms with E-state index in [1.807, 2.05) is 0 Å². The number of nitrogens with zero attached hydrogens (tertiary/aromatic N) is 1. The van der Waals surface area contributed by atoms with E-state index in [0.717, 1.165) is 10.8 Å². The maximum Gasteiger partial charge on any atom is 0.490 e. The Kier molecular flexibility index (Phi) is 7.75. The van der Waals surface area contributed by atoms with E-state index in [9.17, 15) is 32.9 Å². The molecule has 2 rings (SSSR count). The van der Waals surface area contributed by atoms with Crippen LogP contribution in [0.15, 0.2) is 11.0 Å². The molecule has 172 valence electrons. The zero-order valence-electron chi connectivity index (χ0n) is 14.6. The minimum atomic E-state index is -5.75. The van der Waals surface area contributed by atoms with Crippen LogP contribution < -0.4 is 5.69 Å². The number of phosphoric acid groups is 3. The van der Waals surface area contributed by atoms with Crippen molar-refractivity contribution in [3.05, 3.63) is 26.9 Å². The first-order valence-electron chi connectivity index (χ1n) is 7.65. The van der Waals surface area contributed by atoms with Crippen molar-refractivity contribution in [2.45, 2.75) is 31.5 Å². The zero-order chi connectivity index (χ0) is 23.0. The Morgan fingerprint density at radius 3 is 2.47 bits per heavy atom. The Bertz CT molecular complexity index is 1050. The second-order valence-corrected chi connectivity index (χ2v) is 10.7. The van der Waals surface area contributed by atoms with Crippen LogP contribution in [0, 0.1) is 4.64 Å². The molecule has 30 heavy (non-hydrogen) atoms. The van der Waals surface area contributed by atoms with Crippen LogP contribution >= 0.6 is 35.7 Å². The molecule has 0 bridgehead atoms. The molecular formula is C10H16FN2O13P3S. The second kappa shape index (κ2) is 9.08. The molecule has 0 aromatic carbocycles. The fourth-order valence-electron chi connectivity index (χ4n) is 2.34. The number of alkyl halides is 1. The van der Waals surface area contributed by atoms with Crippen molar-refractivity contribution >= 4 is 35.7 Å². The SMILES string of the molecule is O=c1[nH]c(=S)c(CO)cn1[C@H]1CC[C@@](F)(COP(=O)(O)OP(=O)(O)OP(=O)(O)O)O1. The molecule has 1 aliphatic rings. The Hall–Kier alpha value is -0.640.